The Kier molecular flexibility index (Phi) is 3.81. The molecule has 6 heteroatoms. The first kappa shape index (κ1) is 15.8. The van der Waals surface area contributed by atoms with Crippen molar-refractivity contribution in [3.63, 3.8) is 0 Å². The number of allylic oxidation sites excluding steroid dienone is 2. The lowest BCUT2D eigenvalue weighted by atomic mass is 9.74. The molecule has 0 heterocycles. The number of hydrogen-bond donors (Lipinski definition) is 0. The van der Waals surface area contributed by atoms with E-state index in [0.29, 0.717) is 23.0 Å². The number of nitrogens with zero attached hydrogens (tertiary/aromatic N) is 2. The molecule has 0 amide bonds. The minimum Gasteiger partial charge on any atom is -0.298 e. The molecule has 1 aromatic carbocycles. The van der Waals surface area contributed by atoms with Crippen molar-refractivity contribution in [2.45, 2.75) is 25.4 Å². The molecule has 112 valence electrons. The van der Waals surface area contributed by atoms with E-state index in [0.717, 1.165) is 12.1 Å². The van der Waals surface area contributed by atoms with Crippen molar-refractivity contribution in [2.24, 2.45) is 5.41 Å². The number of benzene rings is 1. The Morgan fingerprint density at radius 1 is 1.23 bits per heavy atom. The monoisotopic (exact) mass is 304 g/mol. The maximum absolute atomic E-state index is 12.6. The Morgan fingerprint density at radius 2 is 1.77 bits per heavy atom. The van der Waals surface area contributed by atoms with Crippen LogP contribution in [-0.2, 0) is 11.0 Å². The highest BCUT2D eigenvalue weighted by molar-refractivity contribution is 5.80. The molecule has 0 spiro atoms. The van der Waals surface area contributed by atoms with Gasteiger partial charge in [0.25, 0.3) is 0 Å². The van der Waals surface area contributed by atoms with Crippen molar-refractivity contribution in [1.82, 2.24) is 0 Å². The second kappa shape index (κ2) is 5.31. The first-order valence-electron chi connectivity index (χ1n) is 6.43. The third-order valence-electron chi connectivity index (χ3n) is 3.94. The van der Waals surface area contributed by atoms with E-state index in [1.807, 2.05) is 12.1 Å². The van der Waals surface area contributed by atoms with E-state index in [2.05, 4.69) is 0 Å². The van der Waals surface area contributed by atoms with Crippen LogP contribution in [0.3, 0.4) is 0 Å². The summed E-state index contributed by atoms with van der Waals surface area (Å²) in [7, 11) is 0. The van der Waals surface area contributed by atoms with Crippen molar-refractivity contribution in [3.05, 3.63) is 46.5 Å². The number of aldehydes is 1. The standard InChI is InChI=1S/C16H11F3N2O/c1-10-6-15(8-20,9-21)14(13(10)7-22)11-2-4-12(5-3-11)16(17,18)19/h2-5,7,14H,6H2,1H3/t14-/m1/s1. The van der Waals surface area contributed by atoms with Crippen LogP contribution in [0.5, 0.6) is 0 Å². The van der Waals surface area contributed by atoms with Crippen LogP contribution in [0, 0.1) is 28.1 Å². The van der Waals surface area contributed by atoms with Crippen molar-refractivity contribution in [1.29, 1.82) is 10.5 Å². The molecule has 0 bridgehead atoms. The minimum atomic E-state index is -4.46. The zero-order chi connectivity index (χ0) is 16.5. The van der Waals surface area contributed by atoms with Gasteiger partial charge in [0.05, 0.1) is 17.7 Å². The van der Waals surface area contributed by atoms with Gasteiger partial charge in [-0.2, -0.15) is 23.7 Å². The van der Waals surface area contributed by atoms with Crippen LogP contribution in [0.25, 0.3) is 0 Å². The lowest BCUT2D eigenvalue weighted by molar-refractivity contribution is -0.137. The SMILES string of the molecule is CC1=C(C=O)[C@@H](c2ccc(C(F)(F)F)cc2)C(C#N)(C#N)C1. The number of hydrogen-bond acceptors (Lipinski definition) is 3. The van der Waals surface area contributed by atoms with Crippen LogP contribution in [0.2, 0.25) is 0 Å². The molecule has 0 radical (unpaired) electrons. The Balaban J connectivity index is 2.55. The van der Waals surface area contributed by atoms with Gasteiger partial charge in [-0.3, -0.25) is 4.79 Å². The van der Waals surface area contributed by atoms with Gasteiger partial charge in [0.2, 0.25) is 0 Å². The minimum absolute atomic E-state index is 0.111. The van der Waals surface area contributed by atoms with Crippen LogP contribution in [0.15, 0.2) is 35.4 Å². The zero-order valence-electron chi connectivity index (χ0n) is 11.6. The smallest absolute Gasteiger partial charge is 0.298 e. The van der Waals surface area contributed by atoms with Gasteiger partial charge >= 0.3 is 6.18 Å². The van der Waals surface area contributed by atoms with Crippen molar-refractivity contribution < 1.29 is 18.0 Å². The van der Waals surface area contributed by atoms with Gasteiger partial charge in [0.1, 0.15) is 6.29 Å². The van der Waals surface area contributed by atoms with E-state index >= 15 is 0 Å². The number of rotatable bonds is 2. The molecule has 0 aromatic heterocycles. The Labute approximate surface area is 125 Å². The maximum Gasteiger partial charge on any atom is 0.416 e. The lowest BCUT2D eigenvalue weighted by Crippen LogP contribution is -2.23. The first-order chi connectivity index (χ1) is 10.3. The highest BCUT2D eigenvalue weighted by atomic mass is 19.4. The third kappa shape index (κ3) is 2.37. The summed E-state index contributed by atoms with van der Waals surface area (Å²) in [5.74, 6) is -0.831. The molecular weight excluding hydrogens is 293 g/mol. The maximum atomic E-state index is 12.6. The highest BCUT2D eigenvalue weighted by Gasteiger charge is 2.48. The molecule has 3 nitrogen and oxygen atoms in total. The molecule has 0 fully saturated rings. The summed E-state index contributed by atoms with van der Waals surface area (Å²) in [6, 6.07) is 8.09. The fourth-order valence-electron chi connectivity index (χ4n) is 2.86. The Morgan fingerprint density at radius 3 is 2.18 bits per heavy atom. The van der Waals surface area contributed by atoms with Gasteiger partial charge in [-0.05, 0) is 24.6 Å². The van der Waals surface area contributed by atoms with Gasteiger partial charge < -0.3 is 0 Å². The van der Waals surface area contributed by atoms with Crippen molar-refractivity contribution in [2.75, 3.05) is 0 Å². The number of carbonyl (C=O) groups excluding carboxylic acids is 1. The van der Waals surface area contributed by atoms with E-state index in [9.17, 15) is 28.5 Å². The molecule has 0 N–H and O–H groups in total. The van der Waals surface area contributed by atoms with Gasteiger partial charge in [0.15, 0.2) is 5.41 Å². The van der Waals surface area contributed by atoms with Crippen LogP contribution >= 0.6 is 0 Å². The summed E-state index contributed by atoms with van der Waals surface area (Å²) in [6.07, 6.45) is -3.77. The van der Waals surface area contributed by atoms with Gasteiger partial charge in [-0.15, -0.1) is 0 Å². The molecule has 1 aliphatic carbocycles. The molecule has 2 rings (SSSR count). The molecule has 0 saturated heterocycles. The van der Waals surface area contributed by atoms with Gasteiger partial charge in [0, 0.05) is 17.9 Å². The van der Waals surface area contributed by atoms with Crippen molar-refractivity contribution >= 4 is 6.29 Å². The Hall–Kier alpha value is -2.60. The zero-order valence-corrected chi connectivity index (χ0v) is 11.6. The molecule has 0 unspecified atom stereocenters. The van der Waals surface area contributed by atoms with E-state index in [1.54, 1.807) is 6.92 Å². The van der Waals surface area contributed by atoms with E-state index in [1.165, 1.54) is 12.1 Å². The third-order valence-corrected chi connectivity index (χ3v) is 3.94. The molecule has 0 aliphatic heterocycles. The molecule has 1 aliphatic rings. The molecular formula is C16H11F3N2O. The number of halogens is 3. The highest BCUT2D eigenvalue weighted by Crippen LogP contribution is 2.51. The second-order valence-electron chi connectivity index (χ2n) is 5.28. The van der Waals surface area contributed by atoms with Gasteiger partial charge in [-0.25, -0.2) is 0 Å². The number of nitriles is 2. The average molecular weight is 304 g/mol. The van der Waals surface area contributed by atoms with E-state index in [-0.39, 0.29) is 6.42 Å². The summed E-state index contributed by atoms with van der Waals surface area (Å²) >= 11 is 0. The van der Waals surface area contributed by atoms with Crippen LogP contribution < -0.4 is 0 Å². The predicted octanol–water partition coefficient (Wildman–Crippen LogP) is 3.74. The fourth-order valence-corrected chi connectivity index (χ4v) is 2.86. The topological polar surface area (TPSA) is 64.7 Å². The van der Waals surface area contributed by atoms with Crippen LogP contribution in [0.4, 0.5) is 13.2 Å². The Bertz CT molecular complexity index is 704. The number of alkyl halides is 3. The normalized spacial score (nSPS) is 20.4. The van der Waals surface area contributed by atoms with E-state index in [4.69, 9.17) is 0 Å². The summed E-state index contributed by atoms with van der Waals surface area (Å²) in [5, 5.41) is 18.7. The predicted molar refractivity (Wildman–Crippen MR) is 71.2 cm³/mol. The molecule has 1 atom stereocenters. The van der Waals surface area contributed by atoms with Crippen molar-refractivity contribution in [3.8, 4) is 12.1 Å². The molecule has 1 aromatic rings. The van der Waals surface area contributed by atoms with Crippen LogP contribution in [0.1, 0.15) is 30.4 Å². The quantitative estimate of drug-likeness (QED) is 0.782. The first-order valence-corrected chi connectivity index (χ1v) is 6.43. The summed E-state index contributed by atoms with van der Waals surface area (Å²) < 4.78 is 37.8. The molecule has 0 saturated carbocycles. The number of carbonyl (C=O) groups is 1. The summed E-state index contributed by atoms with van der Waals surface area (Å²) in [4.78, 5) is 11.3. The largest absolute Gasteiger partial charge is 0.416 e. The fraction of sp³-hybridized carbons (Fsp3) is 0.312. The molecule has 22 heavy (non-hydrogen) atoms. The lowest BCUT2D eigenvalue weighted by Gasteiger charge is -2.23. The average Bonchev–Trinajstić information content (AvgIpc) is 2.79. The van der Waals surface area contributed by atoms with Crippen LogP contribution in [-0.4, -0.2) is 6.29 Å². The second-order valence-corrected chi connectivity index (χ2v) is 5.28. The van der Waals surface area contributed by atoms with Gasteiger partial charge in [-0.1, -0.05) is 17.7 Å². The summed E-state index contributed by atoms with van der Waals surface area (Å²) in [5.41, 5.74) is -1.01. The summed E-state index contributed by atoms with van der Waals surface area (Å²) in [6.45, 7) is 1.65. The van der Waals surface area contributed by atoms with E-state index < -0.39 is 23.1 Å².